The molecule has 2 rings (SSSR count). The summed E-state index contributed by atoms with van der Waals surface area (Å²) in [5.74, 6) is -0.334. The SMILES string of the molecule is CC(Nc1ccc(F)cc1Cl)c1ccccc1Br. The molecule has 0 amide bonds. The first-order chi connectivity index (χ1) is 8.58. The predicted octanol–water partition coefficient (Wildman–Crippen LogP) is 5.41. The van der Waals surface area contributed by atoms with E-state index in [0.29, 0.717) is 5.02 Å². The van der Waals surface area contributed by atoms with Gasteiger partial charge >= 0.3 is 0 Å². The van der Waals surface area contributed by atoms with Gasteiger partial charge in [0.1, 0.15) is 5.82 Å². The highest BCUT2D eigenvalue weighted by molar-refractivity contribution is 9.10. The second-order valence-corrected chi connectivity index (χ2v) is 5.27. The van der Waals surface area contributed by atoms with Crippen LogP contribution in [0.2, 0.25) is 5.02 Å². The van der Waals surface area contributed by atoms with E-state index in [1.165, 1.54) is 12.1 Å². The molecule has 0 bridgehead atoms. The van der Waals surface area contributed by atoms with Gasteiger partial charge in [-0.1, -0.05) is 45.7 Å². The van der Waals surface area contributed by atoms with E-state index in [1.54, 1.807) is 6.07 Å². The Morgan fingerprint density at radius 2 is 1.94 bits per heavy atom. The highest BCUT2D eigenvalue weighted by Gasteiger charge is 2.10. The fourth-order valence-corrected chi connectivity index (χ4v) is 2.59. The lowest BCUT2D eigenvalue weighted by Gasteiger charge is -2.18. The first kappa shape index (κ1) is 13.4. The lowest BCUT2D eigenvalue weighted by molar-refractivity contribution is 0.628. The fraction of sp³-hybridized carbons (Fsp3) is 0.143. The highest BCUT2D eigenvalue weighted by Crippen LogP contribution is 2.29. The normalized spacial score (nSPS) is 12.2. The van der Waals surface area contributed by atoms with Crippen LogP contribution in [0.1, 0.15) is 18.5 Å². The van der Waals surface area contributed by atoms with Gasteiger partial charge in [-0.25, -0.2) is 4.39 Å². The van der Waals surface area contributed by atoms with Crippen molar-refractivity contribution < 1.29 is 4.39 Å². The molecule has 0 aromatic heterocycles. The molecule has 2 aromatic carbocycles. The molecule has 0 saturated heterocycles. The molecule has 1 atom stereocenters. The van der Waals surface area contributed by atoms with E-state index in [4.69, 9.17) is 11.6 Å². The quantitative estimate of drug-likeness (QED) is 0.794. The van der Waals surface area contributed by atoms with Crippen molar-refractivity contribution in [2.75, 3.05) is 5.32 Å². The Kier molecular flexibility index (Phi) is 4.25. The Labute approximate surface area is 119 Å². The standard InChI is InChI=1S/C14H12BrClFN/c1-9(11-4-2-3-5-12(11)15)18-14-7-6-10(17)8-13(14)16/h2-9,18H,1H3. The van der Waals surface area contributed by atoms with E-state index in [9.17, 15) is 4.39 Å². The van der Waals surface area contributed by atoms with Crippen LogP contribution in [-0.2, 0) is 0 Å². The molecule has 0 spiro atoms. The number of nitrogens with one attached hydrogen (secondary N) is 1. The summed E-state index contributed by atoms with van der Waals surface area (Å²) in [5.41, 5.74) is 1.85. The topological polar surface area (TPSA) is 12.0 Å². The van der Waals surface area contributed by atoms with Crippen LogP contribution in [-0.4, -0.2) is 0 Å². The summed E-state index contributed by atoms with van der Waals surface area (Å²) >= 11 is 9.49. The third-order valence-corrected chi connectivity index (χ3v) is 3.71. The van der Waals surface area contributed by atoms with Gasteiger partial charge in [0.15, 0.2) is 0 Å². The predicted molar refractivity (Wildman–Crippen MR) is 77.6 cm³/mol. The van der Waals surface area contributed by atoms with Gasteiger partial charge in [0.2, 0.25) is 0 Å². The minimum Gasteiger partial charge on any atom is -0.377 e. The van der Waals surface area contributed by atoms with E-state index in [1.807, 2.05) is 31.2 Å². The van der Waals surface area contributed by atoms with E-state index in [-0.39, 0.29) is 11.9 Å². The Hall–Kier alpha value is -1.06. The molecule has 0 aliphatic carbocycles. The molecule has 0 aliphatic rings. The molecule has 1 unspecified atom stereocenters. The fourth-order valence-electron chi connectivity index (χ4n) is 1.74. The van der Waals surface area contributed by atoms with Gasteiger partial charge in [-0.05, 0) is 36.8 Å². The first-order valence-electron chi connectivity index (χ1n) is 5.54. The van der Waals surface area contributed by atoms with E-state index < -0.39 is 0 Å². The lowest BCUT2D eigenvalue weighted by Crippen LogP contribution is -2.07. The number of hydrogen-bond acceptors (Lipinski definition) is 1. The molecular formula is C14H12BrClFN. The van der Waals surface area contributed by atoms with Crippen molar-refractivity contribution in [1.82, 2.24) is 0 Å². The van der Waals surface area contributed by atoms with Gasteiger partial charge in [0.25, 0.3) is 0 Å². The van der Waals surface area contributed by atoms with Crippen molar-refractivity contribution in [3.05, 3.63) is 63.3 Å². The van der Waals surface area contributed by atoms with Gasteiger partial charge in [-0.2, -0.15) is 0 Å². The number of benzene rings is 2. The lowest BCUT2D eigenvalue weighted by atomic mass is 10.1. The molecular weight excluding hydrogens is 317 g/mol. The summed E-state index contributed by atoms with van der Waals surface area (Å²) in [7, 11) is 0. The Bertz CT molecular complexity index is 559. The Morgan fingerprint density at radius 1 is 1.22 bits per heavy atom. The zero-order valence-electron chi connectivity index (χ0n) is 9.75. The van der Waals surface area contributed by atoms with Gasteiger partial charge < -0.3 is 5.32 Å². The summed E-state index contributed by atoms with van der Waals surface area (Å²) in [5, 5.41) is 3.65. The van der Waals surface area contributed by atoms with Crippen LogP contribution < -0.4 is 5.32 Å². The highest BCUT2D eigenvalue weighted by atomic mass is 79.9. The summed E-state index contributed by atoms with van der Waals surface area (Å²) in [6.45, 7) is 2.03. The van der Waals surface area contributed by atoms with Gasteiger partial charge in [0, 0.05) is 10.5 Å². The molecule has 2 aromatic rings. The van der Waals surface area contributed by atoms with Crippen LogP contribution in [0, 0.1) is 5.82 Å². The molecule has 1 nitrogen and oxygen atoms in total. The summed E-state index contributed by atoms with van der Waals surface area (Å²) in [4.78, 5) is 0. The smallest absolute Gasteiger partial charge is 0.124 e. The maximum absolute atomic E-state index is 13.0. The van der Waals surface area contributed by atoms with Gasteiger partial charge in [-0.15, -0.1) is 0 Å². The van der Waals surface area contributed by atoms with Crippen molar-refractivity contribution >= 4 is 33.2 Å². The van der Waals surface area contributed by atoms with E-state index in [0.717, 1.165) is 15.7 Å². The number of hydrogen-bond donors (Lipinski definition) is 1. The maximum atomic E-state index is 13.0. The molecule has 0 saturated carbocycles. The molecule has 0 heterocycles. The van der Waals surface area contributed by atoms with Crippen LogP contribution in [0.15, 0.2) is 46.9 Å². The van der Waals surface area contributed by atoms with Crippen LogP contribution >= 0.6 is 27.5 Å². The van der Waals surface area contributed by atoms with E-state index in [2.05, 4.69) is 21.2 Å². The third-order valence-electron chi connectivity index (χ3n) is 2.67. The second-order valence-electron chi connectivity index (χ2n) is 4.01. The van der Waals surface area contributed by atoms with Crippen molar-refractivity contribution in [2.24, 2.45) is 0 Å². The minimum atomic E-state index is -0.334. The Balaban J connectivity index is 2.21. The monoisotopic (exact) mass is 327 g/mol. The summed E-state index contributed by atoms with van der Waals surface area (Å²) in [6, 6.07) is 12.4. The van der Waals surface area contributed by atoms with Crippen LogP contribution in [0.5, 0.6) is 0 Å². The largest absolute Gasteiger partial charge is 0.377 e. The van der Waals surface area contributed by atoms with Gasteiger partial charge in [-0.3, -0.25) is 0 Å². The molecule has 4 heteroatoms. The zero-order chi connectivity index (χ0) is 13.1. The number of rotatable bonds is 3. The zero-order valence-corrected chi connectivity index (χ0v) is 12.1. The molecule has 94 valence electrons. The summed E-state index contributed by atoms with van der Waals surface area (Å²) < 4.78 is 14.0. The summed E-state index contributed by atoms with van der Waals surface area (Å²) in [6.07, 6.45) is 0. The van der Waals surface area contributed by atoms with Crippen molar-refractivity contribution in [2.45, 2.75) is 13.0 Å². The molecule has 1 N–H and O–H groups in total. The number of halogens is 3. The van der Waals surface area contributed by atoms with E-state index >= 15 is 0 Å². The Morgan fingerprint density at radius 3 is 2.61 bits per heavy atom. The molecule has 0 fully saturated rings. The molecule has 18 heavy (non-hydrogen) atoms. The minimum absolute atomic E-state index is 0.0727. The average Bonchev–Trinajstić information content (AvgIpc) is 2.33. The van der Waals surface area contributed by atoms with Gasteiger partial charge in [0.05, 0.1) is 10.7 Å². The van der Waals surface area contributed by atoms with Crippen molar-refractivity contribution in [1.29, 1.82) is 0 Å². The van der Waals surface area contributed by atoms with Crippen molar-refractivity contribution in [3.63, 3.8) is 0 Å². The van der Waals surface area contributed by atoms with Crippen molar-refractivity contribution in [3.8, 4) is 0 Å². The second kappa shape index (κ2) is 5.72. The average molecular weight is 329 g/mol. The number of anilines is 1. The molecule has 0 aliphatic heterocycles. The van der Waals surface area contributed by atoms with Crippen LogP contribution in [0.3, 0.4) is 0 Å². The maximum Gasteiger partial charge on any atom is 0.124 e. The van der Waals surface area contributed by atoms with Crippen LogP contribution in [0.25, 0.3) is 0 Å². The third kappa shape index (κ3) is 3.03. The van der Waals surface area contributed by atoms with Crippen LogP contribution in [0.4, 0.5) is 10.1 Å². The first-order valence-corrected chi connectivity index (χ1v) is 6.71. The molecule has 0 radical (unpaired) electrons.